The molecule has 0 aromatic carbocycles. The third-order valence-corrected chi connectivity index (χ3v) is 3.61. The molecule has 1 fully saturated rings. The van der Waals surface area contributed by atoms with E-state index in [1.54, 1.807) is 6.26 Å². The van der Waals surface area contributed by atoms with Crippen molar-refractivity contribution in [1.29, 1.82) is 0 Å². The Balaban J connectivity index is 1.94. The van der Waals surface area contributed by atoms with Crippen LogP contribution in [0.3, 0.4) is 0 Å². The molecule has 1 N–H and O–H groups in total. The molecule has 1 aromatic rings. The first-order chi connectivity index (χ1) is 8.70. The normalized spacial score (nSPS) is 19.9. The van der Waals surface area contributed by atoms with Gasteiger partial charge in [-0.2, -0.15) is 0 Å². The highest BCUT2D eigenvalue weighted by atomic mass is 16.3. The molecule has 2 rings (SSSR count). The van der Waals surface area contributed by atoms with E-state index < -0.39 is 0 Å². The summed E-state index contributed by atoms with van der Waals surface area (Å²) in [6.45, 7) is 6.59. The van der Waals surface area contributed by atoms with E-state index in [0.717, 1.165) is 30.7 Å². The van der Waals surface area contributed by atoms with E-state index in [9.17, 15) is 0 Å². The molecule has 18 heavy (non-hydrogen) atoms. The lowest BCUT2D eigenvalue weighted by molar-refractivity contribution is 0.270. The number of guanidine groups is 1. The summed E-state index contributed by atoms with van der Waals surface area (Å²) in [5.41, 5.74) is 0. The van der Waals surface area contributed by atoms with E-state index >= 15 is 0 Å². The van der Waals surface area contributed by atoms with Crippen molar-refractivity contribution in [2.75, 3.05) is 20.1 Å². The Bertz CT molecular complexity index is 378. The first-order valence-electron chi connectivity index (χ1n) is 6.72. The average molecular weight is 249 g/mol. The standard InChI is InChI=1S/C14H23N3O/c1-11-6-8-17(9-7-11)14(15-3)16-12(2)13-5-4-10-18-13/h4-5,10-12H,6-9H2,1-3H3,(H,15,16). The molecule has 1 aliphatic heterocycles. The van der Waals surface area contributed by atoms with Crippen molar-refractivity contribution in [2.24, 2.45) is 10.9 Å². The molecule has 0 spiro atoms. The van der Waals surface area contributed by atoms with Crippen molar-refractivity contribution < 1.29 is 4.42 Å². The van der Waals surface area contributed by atoms with Crippen LogP contribution in [0.5, 0.6) is 0 Å². The second kappa shape index (κ2) is 5.94. The topological polar surface area (TPSA) is 40.8 Å². The summed E-state index contributed by atoms with van der Waals surface area (Å²) in [4.78, 5) is 6.71. The van der Waals surface area contributed by atoms with E-state index in [-0.39, 0.29) is 6.04 Å². The Morgan fingerprint density at radius 3 is 2.78 bits per heavy atom. The van der Waals surface area contributed by atoms with Crippen molar-refractivity contribution in [3.63, 3.8) is 0 Å². The Morgan fingerprint density at radius 1 is 1.50 bits per heavy atom. The van der Waals surface area contributed by atoms with Gasteiger partial charge in [-0.1, -0.05) is 6.92 Å². The van der Waals surface area contributed by atoms with Gasteiger partial charge in [-0.15, -0.1) is 0 Å². The lowest BCUT2D eigenvalue weighted by atomic mass is 9.99. The first kappa shape index (κ1) is 13.0. The fourth-order valence-corrected chi connectivity index (χ4v) is 2.32. The minimum absolute atomic E-state index is 0.151. The van der Waals surface area contributed by atoms with Crippen LogP contribution in [-0.4, -0.2) is 31.0 Å². The van der Waals surface area contributed by atoms with Gasteiger partial charge in [0.15, 0.2) is 5.96 Å². The molecule has 0 aliphatic carbocycles. The van der Waals surface area contributed by atoms with Crippen molar-refractivity contribution in [3.8, 4) is 0 Å². The molecule has 0 amide bonds. The van der Waals surface area contributed by atoms with Crippen molar-refractivity contribution >= 4 is 5.96 Å². The number of piperidine rings is 1. The second-order valence-electron chi connectivity index (χ2n) is 5.10. The maximum absolute atomic E-state index is 5.41. The molecule has 1 aliphatic rings. The predicted molar refractivity (Wildman–Crippen MR) is 73.6 cm³/mol. The second-order valence-corrected chi connectivity index (χ2v) is 5.10. The summed E-state index contributed by atoms with van der Waals surface area (Å²) in [6.07, 6.45) is 4.20. The van der Waals surface area contributed by atoms with Crippen molar-refractivity contribution in [1.82, 2.24) is 10.2 Å². The fourth-order valence-electron chi connectivity index (χ4n) is 2.32. The number of hydrogen-bond acceptors (Lipinski definition) is 2. The third kappa shape index (κ3) is 3.06. The van der Waals surface area contributed by atoms with E-state index in [0.29, 0.717) is 0 Å². The van der Waals surface area contributed by atoms with Gasteiger partial charge in [0.05, 0.1) is 12.3 Å². The quantitative estimate of drug-likeness (QED) is 0.647. The molecule has 1 unspecified atom stereocenters. The Kier molecular flexibility index (Phi) is 4.28. The van der Waals surface area contributed by atoms with Crippen LogP contribution in [0.1, 0.15) is 38.5 Å². The minimum atomic E-state index is 0.151. The molecule has 4 nitrogen and oxygen atoms in total. The monoisotopic (exact) mass is 249 g/mol. The lowest BCUT2D eigenvalue weighted by Gasteiger charge is -2.33. The van der Waals surface area contributed by atoms with Crippen molar-refractivity contribution in [3.05, 3.63) is 24.2 Å². The molecule has 1 atom stereocenters. The van der Waals surface area contributed by atoms with Gasteiger partial charge in [-0.25, -0.2) is 0 Å². The highest BCUT2D eigenvalue weighted by Crippen LogP contribution is 2.17. The van der Waals surface area contributed by atoms with Gasteiger partial charge in [0.1, 0.15) is 5.76 Å². The Hall–Kier alpha value is -1.45. The summed E-state index contributed by atoms with van der Waals surface area (Å²) in [5.74, 6) is 2.76. The van der Waals surface area contributed by atoms with Gasteiger partial charge in [-0.05, 0) is 37.8 Å². The molecule has 100 valence electrons. The smallest absolute Gasteiger partial charge is 0.194 e. The van der Waals surface area contributed by atoms with Crippen LogP contribution in [0.25, 0.3) is 0 Å². The molecular weight excluding hydrogens is 226 g/mol. The van der Waals surface area contributed by atoms with E-state index in [1.807, 2.05) is 19.2 Å². The van der Waals surface area contributed by atoms with Gasteiger partial charge in [0.2, 0.25) is 0 Å². The molecule has 2 heterocycles. The summed E-state index contributed by atoms with van der Waals surface area (Å²) in [5, 5.41) is 3.44. The van der Waals surface area contributed by atoms with Crippen LogP contribution in [0.15, 0.2) is 27.8 Å². The largest absolute Gasteiger partial charge is 0.467 e. The van der Waals surface area contributed by atoms with Gasteiger partial charge in [0.25, 0.3) is 0 Å². The number of nitrogens with zero attached hydrogens (tertiary/aromatic N) is 2. The summed E-state index contributed by atoms with van der Waals surface area (Å²) in [7, 11) is 1.84. The number of rotatable bonds is 2. The van der Waals surface area contributed by atoms with Crippen LogP contribution in [0.4, 0.5) is 0 Å². The lowest BCUT2D eigenvalue weighted by Crippen LogP contribution is -2.46. The Morgan fingerprint density at radius 2 is 2.22 bits per heavy atom. The van der Waals surface area contributed by atoms with E-state index in [4.69, 9.17) is 4.42 Å². The van der Waals surface area contributed by atoms with Gasteiger partial charge in [-0.3, -0.25) is 4.99 Å². The third-order valence-electron chi connectivity index (χ3n) is 3.61. The van der Waals surface area contributed by atoms with Crippen LogP contribution in [0.2, 0.25) is 0 Å². The number of hydrogen-bond donors (Lipinski definition) is 1. The zero-order valence-electron chi connectivity index (χ0n) is 11.5. The van der Waals surface area contributed by atoms with Crippen LogP contribution < -0.4 is 5.32 Å². The van der Waals surface area contributed by atoms with E-state index in [1.165, 1.54) is 12.8 Å². The van der Waals surface area contributed by atoms with Crippen LogP contribution in [0, 0.1) is 5.92 Å². The molecule has 0 bridgehead atoms. The van der Waals surface area contributed by atoms with Gasteiger partial charge >= 0.3 is 0 Å². The first-order valence-corrected chi connectivity index (χ1v) is 6.72. The number of likely N-dealkylation sites (tertiary alicyclic amines) is 1. The molecule has 1 saturated heterocycles. The SMILES string of the molecule is CN=C(NC(C)c1ccco1)N1CCC(C)CC1. The number of aliphatic imine (C=N–C) groups is 1. The van der Waals surface area contributed by atoms with E-state index in [2.05, 4.69) is 29.1 Å². The fraction of sp³-hybridized carbons (Fsp3) is 0.643. The predicted octanol–water partition coefficient (Wildman–Crippen LogP) is 2.65. The van der Waals surface area contributed by atoms with Crippen LogP contribution in [-0.2, 0) is 0 Å². The van der Waals surface area contributed by atoms with Gasteiger partial charge < -0.3 is 14.6 Å². The van der Waals surface area contributed by atoms with Crippen LogP contribution >= 0.6 is 0 Å². The zero-order chi connectivity index (χ0) is 13.0. The molecular formula is C14H23N3O. The average Bonchev–Trinajstić information content (AvgIpc) is 2.91. The molecule has 4 heteroatoms. The highest BCUT2D eigenvalue weighted by molar-refractivity contribution is 5.80. The minimum Gasteiger partial charge on any atom is -0.467 e. The molecule has 1 aromatic heterocycles. The van der Waals surface area contributed by atoms with Crippen molar-refractivity contribution in [2.45, 2.75) is 32.7 Å². The maximum atomic E-state index is 5.41. The number of furan rings is 1. The zero-order valence-corrected chi connectivity index (χ0v) is 11.5. The summed E-state index contributed by atoms with van der Waals surface area (Å²) >= 11 is 0. The molecule has 0 radical (unpaired) electrons. The summed E-state index contributed by atoms with van der Waals surface area (Å²) < 4.78 is 5.41. The maximum Gasteiger partial charge on any atom is 0.194 e. The molecule has 0 saturated carbocycles. The van der Waals surface area contributed by atoms with Gasteiger partial charge in [0, 0.05) is 20.1 Å². The highest BCUT2D eigenvalue weighted by Gasteiger charge is 2.20. The summed E-state index contributed by atoms with van der Waals surface area (Å²) in [6, 6.07) is 4.06. The number of nitrogens with one attached hydrogen (secondary N) is 1. The Labute approximate surface area is 109 Å².